The van der Waals surface area contributed by atoms with Crippen LogP contribution in [-0.4, -0.2) is 31.5 Å². The van der Waals surface area contributed by atoms with Gasteiger partial charge in [0.1, 0.15) is 11.1 Å². The summed E-state index contributed by atoms with van der Waals surface area (Å²) in [4.78, 5) is 10.7. The number of hydrogen-bond donors (Lipinski definition) is 2. The Balaban J connectivity index is 2.38. The van der Waals surface area contributed by atoms with Crippen LogP contribution in [0.4, 0.5) is 8.78 Å². The van der Waals surface area contributed by atoms with Crippen LogP contribution in [0.5, 0.6) is 0 Å². The summed E-state index contributed by atoms with van der Waals surface area (Å²) in [6.45, 7) is 0.825. The molecule has 0 amide bonds. The average Bonchev–Trinajstić information content (AvgIpc) is 2.81. The predicted molar refractivity (Wildman–Crippen MR) is 73.2 cm³/mol. The van der Waals surface area contributed by atoms with Crippen LogP contribution in [-0.2, 0) is 14.8 Å². The molecule has 0 saturated carbocycles. The van der Waals surface area contributed by atoms with E-state index in [9.17, 15) is 22.0 Å². The van der Waals surface area contributed by atoms with E-state index in [-0.39, 0.29) is 5.58 Å². The van der Waals surface area contributed by atoms with Gasteiger partial charge >= 0.3 is 5.97 Å². The maximum Gasteiger partial charge on any atom is 0.305 e. The van der Waals surface area contributed by atoms with E-state index in [1.165, 1.54) is 12.1 Å². The van der Waals surface area contributed by atoms with Gasteiger partial charge in [-0.25, -0.2) is 17.2 Å². The molecule has 0 aliphatic carbocycles. The molecule has 0 radical (unpaired) electrons. The van der Waals surface area contributed by atoms with Crippen molar-refractivity contribution in [3.05, 3.63) is 30.3 Å². The lowest BCUT2D eigenvalue weighted by Gasteiger charge is -2.27. The molecule has 0 spiro atoms. The van der Waals surface area contributed by atoms with Gasteiger partial charge in [-0.1, -0.05) is 18.2 Å². The van der Waals surface area contributed by atoms with E-state index in [0.29, 0.717) is 5.39 Å². The number of nitrogens with one attached hydrogen (secondary N) is 1. The zero-order valence-electron chi connectivity index (χ0n) is 11.4. The number of carboxylic acid groups (broad SMARTS) is 1. The summed E-state index contributed by atoms with van der Waals surface area (Å²) in [5, 5.41) is 8.62. The lowest BCUT2D eigenvalue weighted by atomic mass is 10.0. The van der Waals surface area contributed by atoms with E-state index in [4.69, 9.17) is 9.52 Å². The smallest absolute Gasteiger partial charge is 0.305 e. The Hall–Kier alpha value is -2.00. The first-order chi connectivity index (χ1) is 10.1. The van der Waals surface area contributed by atoms with Gasteiger partial charge in [0.2, 0.25) is 5.09 Å². The number of carboxylic acids is 1. The zero-order chi connectivity index (χ0) is 16.5. The van der Waals surface area contributed by atoms with E-state index < -0.39 is 39.5 Å². The lowest BCUT2D eigenvalue weighted by Crippen LogP contribution is -2.52. The van der Waals surface area contributed by atoms with Crippen molar-refractivity contribution in [1.29, 1.82) is 0 Å². The van der Waals surface area contributed by atoms with Crippen LogP contribution in [0.25, 0.3) is 11.0 Å². The monoisotopic (exact) mass is 333 g/mol. The minimum atomic E-state index is -4.43. The zero-order valence-corrected chi connectivity index (χ0v) is 12.2. The Bertz CT molecular complexity index is 769. The van der Waals surface area contributed by atoms with E-state index >= 15 is 0 Å². The highest BCUT2D eigenvalue weighted by molar-refractivity contribution is 7.89. The highest BCUT2D eigenvalue weighted by Gasteiger charge is 2.42. The number of alkyl halides is 2. The summed E-state index contributed by atoms with van der Waals surface area (Å²) >= 11 is 0. The van der Waals surface area contributed by atoms with Crippen LogP contribution in [0.15, 0.2) is 39.8 Å². The van der Waals surface area contributed by atoms with Crippen molar-refractivity contribution in [3.63, 3.8) is 0 Å². The molecule has 1 atom stereocenters. The molecule has 0 aliphatic heterocycles. The van der Waals surface area contributed by atoms with Crippen LogP contribution in [0, 0.1) is 0 Å². The molecule has 2 N–H and O–H groups in total. The second-order valence-electron chi connectivity index (χ2n) is 5.00. The number of fused-ring (bicyclic) bond motifs is 1. The minimum absolute atomic E-state index is 0.278. The van der Waals surface area contributed by atoms with Gasteiger partial charge in [-0.05, 0) is 13.0 Å². The molecule has 1 unspecified atom stereocenters. The molecule has 120 valence electrons. The lowest BCUT2D eigenvalue weighted by molar-refractivity contribution is -0.140. The van der Waals surface area contributed by atoms with Crippen molar-refractivity contribution in [1.82, 2.24) is 4.72 Å². The van der Waals surface area contributed by atoms with E-state index in [1.54, 1.807) is 22.9 Å². The van der Waals surface area contributed by atoms with Crippen molar-refractivity contribution in [2.24, 2.45) is 0 Å². The summed E-state index contributed by atoms with van der Waals surface area (Å²) in [7, 11) is -4.43. The quantitative estimate of drug-likeness (QED) is 0.845. The minimum Gasteiger partial charge on any atom is -0.481 e. The molecule has 0 bridgehead atoms. The molecule has 0 aliphatic rings. The van der Waals surface area contributed by atoms with Gasteiger partial charge in [0.15, 0.2) is 0 Å². The first-order valence-electron chi connectivity index (χ1n) is 6.16. The molecule has 6 nitrogen and oxygen atoms in total. The summed E-state index contributed by atoms with van der Waals surface area (Å²) in [5.74, 6) is -1.55. The number of para-hydroxylation sites is 1. The van der Waals surface area contributed by atoms with Crippen LogP contribution < -0.4 is 4.72 Å². The molecule has 0 fully saturated rings. The fraction of sp³-hybridized carbons (Fsp3) is 0.308. The second kappa shape index (κ2) is 5.65. The van der Waals surface area contributed by atoms with Crippen LogP contribution in [0.3, 0.4) is 0 Å². The Morgan fingerprint density at radius 2 is 2.05 bits per heavy atom. The van der Waals surface area contributed by atoms with Crippen molar-refractivity contribution < 1.29 is 31.5 Å². The summed E-state index contributed by atoms with van der Waals surface area (Å²) < 4.78 is 57.3. The average molecular weight is 333 g/mol. The largest absolute Gasteiger partial charge is 0.481 e. The molecule has 2 aromatic rings. The van der Waals surface area contributed by atoms with Crippen molar-refractivity contribution >= 4 is 27.0 Å². The first kappa shape index (κ1) is 16.4. The summed E-state index contributed by atoms with van der Waals surface area (Å²) in [5.41, 5.74) is -2.16. The van der Waals surface area contributed by atoms with Gasteiger partial charge in [-0.3, -0.25) is 4.79 Å². The molecule has 9 heteroatoms. The van der Waals surface area contributed by atoms with Crippen LogP contribution in [0.2, 0.25) is 0 Å². The summed E-state index contributed by atoms with van der Waals surface area (Å²) in [6, 6.07) is 7.60. The predicted octanol–water partition coefficient (Wildman–Crippen LogP) is 2.21. The highest BCUT2D eigenvalue weighted by atomic mass is 32.2. The molecular formula is C13H13F2NO5S. The topological polar surface area (TPSA) is 96.6 Å². The number of hydrogen-bond acceptors (Lipinski definition) is 4. The van der Waals surface area contributed by atoms with Crippen molar-refractivity contribution in [2.45, 2.75) is 30.4 Å². The number of aliphatic carboxylic acids is 1. The van der Waals surface area contributed by atoms with Gasteiger partial charge < -0.3 is 9.52 Å². The van der Waals surface area contributed by atoms with E-state index in [2.05, 4.69) is 0 Å². The van der Waals surface area contributed by atoms with Gasteiger partial charge in [-0.2, -0.15) is 4.72 Å². The number of sulfonamides is 1. The Kier molecular flexibility index (Phi) is 4.21. The number of rotatable bonds is 6. The molecule has 0 saturated heterocycles. The van der Waals surface area contributed by atoms with Gasteiger partial charge in [0.25, 0.3) is 16.4 Å². The normalized spacial score (nSPS) is 15.1. The third-order valence-electron chi connectivity index (χ3n) is 3.04. The number of halogens is 2. The highest BCUT2D eigenvalue weighted by Crippen LogP contribution is 2.26. The maximum absolute atomic E-state index is 13.1. The van der Waals surface area contributed by atoms with E-state index in [1.807, 2.05) is 0 Å². The molecular weight excluding hydrogens is 320 g/mol. The second-order valence-corrected chi connectivity index (χ2v) is 6.61. The molecule has 1 heterocycles. The van der Waals surface area contributed by atoms with Crippen molar-refractivity contribution in [2.75, 3.05) is 0 Å². The van der Waals surface area contributed by atoms with Crippen LogP contribution in [0.1, 0.15) is 13.3 Å². The van der Waals surface area contributed by atoms with E-state index in [0.717, 1.165) is 6.92 Å². The maximum atomic E-state index is 13.1. The third-order valence-corrected chi connectivity index (χ3v) is 4.50. The Morgan fingerprint density at radius 1 is 1.41 bits per heavy atom. The number of carbonyl (C=O) groups is 1. The summed E-state index contributed by atoms with van der Waals surface area (Å²) in [6.07, 6.45) is -4.27. The van der Waals surface area contributed by atoms with Gasteiger partial charge in [-0.15, -0.1) is 0 Å². The number of benzene rings is 1. The molecule has 1 aromatic carbocycles. The fourth-order valence-electron chi connectivity index (χ4n) is 1.92. The molecule has 2 rings (SSSR count). The fourth-order valence-corrected chi connectivity index (χ4v) is 3.28. The molecule has 1 aromatic heterocycles. The number of furan rings is 1. The standard InChI is InChI=1S/C13H13F2NO5S/c1-13(12(14)15,7-10(17)18)16-22(19,20)11-6-8-4-2-3-5-9(8)21-11/h2-6,12,16H,7H2,1H3,(H,17,18). The van der Waals surface area contributed by atoms with Gasteiger partial charge in [0, 0.05) is 11.5 Å². The Morgan fingerprint density at radius 3 is 2.59 bits per heavy atom. The van der Waals surface area contributed by atoms with Crippen LogP contribution >= 0.6 is 0 Å². The van der Waals surface area contributed by atoms with Crippen molar-refractivity contribution in [3.8, 4) is 0 Å². The molecule has 22 heavy (non-hydrogen) atoms. The SMILES string of the molecule is CC(CC(=O)O)(NS(=O)(=O)c1cc2ccccc2o1)C(F)F. The third kappa shape index (κ3) is 3.25. The first-order valence-corrected chi connectivity index (χ1v) is 7.65. The van der Waals surface area contributed by atoms with Gasteiger partial charge in [0.05, 0.1) is 6.42 Å². The Labute approximate surface area is 124 Å².